The van der Waals surface area contributed by atoms with Gasteiger partial charge in [0.05, 0.1) is 23.2 Å². The highest BCUT2D eigenvalue weighted by atomic mass is 79.9. The third kappa shape index (κ3) is 3.80. The maximum atomic E-state index is 13.5. The lowest BCUT2D eigenvalue weighted by Gasteiger charge is -2.25. The van der Waals surface area contributed by atoms with Crippen LogP contribution in [0.25, 0.3) is 16.7 Å². The SMILES string of the molecule is CCc1ccc(N2C(=O)C(=O)/C(=C(/O)c3ccc(OC)c(Br)c3)C2c2cn(C)c3ccccc23)cc1. The molecule has 3 aromatic carbocycles. The van der Waals surface area contributed by atoms with Crippen LogP contribution in [-0.2, 0) is 23.1 Å². The largest absolute Gasteiger partial charge is 0.507 e. The topological polar surface area (TPSA) is 71.8 Å². The van der Waals surface area contributed by atoms with E-state index in [1.807, 2.05) is 66.3 Å². The van der Waals surface area contributed by atoms with E-state index in [0.717, 1.165) is 28.5 Å². The van der Waals surface area contributed by atoms with Gasteiger partial charge in [0.2, 0.25) is 0 Å². The molecule has 1 aromatic heterocycles. The fourth-order valence-electron chi connectivity index (χ4n) is 4.85. The number of hydrogen-bond acceptors (Lipinski definition) is 4. The molecular weight excluding hydrogens is 520 g/mol. The van der Waals surface area contributed by atoms with Crippen molar-refractivity contribution in [3.05, 3.63) is 99.7 Å². The molecule has 1 aliphatic rings. The maximum Gasteiger partial charge on any atom is 0.300 e. The first-order valence-corrected chi connectivity index (χ1v) is 12.4. The number of Topliss-reactive ketones (excluding diaryl/α,β-unsaturated/α-hetero) is 1. The number of anilines is 1. The minimum atomic E-state index is -0.801. The molecule has 7 heteroatoms. The predicted molar refractivity (Wildman–Crippen MR) is 144 cm³/mol. The van der Waals surface area contributed by atoms with Crippen molar-refractivity contribution in [2.75, 3.05) is 12.0 Å². The van der Waals surface area contributed by atoms with E-state index in [4.69, 9.17) is 4.74 Å². The van der Waals surface area contributed by atoms with E-state index in [2.05, 4.69) is 22.9 Å². The summed E-state index contributed by atoms with van der Waals surface area (Å²) in [5.41, 5.74) is 3.91. The number of aromatic nitrogens is 1. The summed E-state index contributed by atoms with van der Waals surface area (Å²) >= 11 is 3.44. The molecule has 1 fully saturated rings. The van der Waals surface area contributed by atoms with Crippen molar-refractivity contribution in [1.82, 2.24) is 4.57 Å². The lowest BCUT2D eigenvalue weighted by molar-refractivity contribution is -0.132. The zero-order chi connectivity index (χ0) is 25.6. The molecule has 1 unspecified atom stereocenters. The van der Waals surface area contributed by atoms with Gasteiger partial charge >= 0.3 is 0 Å². The molecule has 0 saturated carbocycles. The lowest BCUT2D eigenvalue weighted by atomic mass is 9.94. The van der Waals surface area contributed by atoms with Gasteiger partial charge in [-0.3, -0.25) is 14.5 Å². The van der Waals surface area contributed by atoms with E-state index in [9.17, 15) is 14.7 Å². The lowest BCUT2D eigenvalue weighted by Crippen LogP contribution is -2.29. The van der Waals surface area contributed by atoms with Crippen LogP contribution >= 0.6 is 15.9 Å². The molecular formula is C29H25BrN2O4. The normalized spacial score (nSPS) is 17.2. The standard InChI is InChI=1S/C29H25BrN2O4/c1-4-17-9-12-19(13-10-17)32-26(21-16-31(2)23-8-6-5-7-20(21)23)25(28(34)29(32)35)27(33)18-11-14-24(36-3)22(30)15-18/h5-16,26,33H,4H2,1-3H3/b27-25+. The number of amides is 1. The monoisotopic (exact) mass is 544 g/mol. The number of aliphatic hydroxyl groups excluding tert-OH is 1. The number of hydrogen-bond donors (Lipinski definition) is 1. The van der Waals surface area contributed by atoms with Crippen LogP contribution < -0.4 is 9.64 Å². The van der Waals surface area contributed by atoms with Crippen LogP contribution in [-0.4, -0.2) is 28.5 Å². The maximum absolute atomic E-state index is 13.5. The molecule has 1 saturated heterocycles. The number of fused-ring (bicyclic) bond motifs is 1. The molecule has 2 heterocycles. The summed E-state index contributed by atoms with van der Waals surface area (Å²) in [4.78, 5) is 28.5. The van der Waals surface area contributed by atoms with Crippen LogP contribution in [0.5, 0.6) is 5.75 Å². The Labute approximate surface area is 217 Å². The van der Waals surface area contributed by atoms with Crippen molar-refractivity contribution in [3.63, 3.8) is 0 Å². The molecule has 1 atom stereocenters. The number of para-hydroxylation sites is 1. The Morgan fingerprint density at radius 3 is 2.44 bits per heavy atom. The highest BCUT2D eigenvalue weighted by Crippen LogP contribution is 2.45. The third-order valence-electron chi connectivity index (χ3n) is 6.71. The van der Waals surface area contributed by atoms with Crippen molar-refractivity contribution in [2.24, 2.45) is 7.05 Å². The van der Waals surface area contributed by atoms with E-state index < -0.39 is 17.7 Å². The fraction of sp³-hybridized carbons (Fsp3) is 0.172. The zero-order valence-electron chi connectivity index (χ0n) is 20.2. The van der Waals surface area contributed by atoms with E-state index >= 15 is 0 Å². The highest BCUT2D eigenvalue weighted by molar-refractivity contribution is 9.10. The van der Waals surface area contributed by atoms with Gasteiger partial charge in [0.25, 0.3) is 11.7 Å². The van der Waals surface area contributed by atoms with Gasteiger partial charge in [-0.1, -0.05) is 37.3 Å². The van der Waals surface area contributed by atoms with E-state index in [-0.39, 0.29) is 11.3 Å². The van der Waals surface area contributed by atoms with E-state index in [0.29, 0.717) is 21.5 Å². The predicted octanol–water partition coefficient (Wildman–Crippen LogP) is 6.14. The van der Waals surface area contributed by atoms with Crippen LogP contribution in [0.4, 0.5) is 5.69 Å². The highest BCUT2D eigenvalue weighted by Gasteiger charge is 2.47. The quantitative estimate of drug-likeness (QED) is 0.186. The van der Waals surface area contributed by atoms with Crippen LogP contribution in [0, 0.1) is 0 Å². The average Bonchev–Trinajstić information content (AvgIpc) is 3.36. The molecule has 36 heavy (non-hydrogen) atoms. The first-order chi connectivity index (χ1) is 17.3. The molecule has 1 amide bonds. The van der Waals surface area contributed by atoms with Crippen LogP contribution in [0.1, 0.15) is 29.7 Å². The van der Waals surface area contributed by atoms with Gasteiger partial charge in [-0.15, -0.1) is 0 Å². The zero-order valence-corrected chi connectivity index (χ0v) is 21.7. The number of aliphatic hydroxyl groups is 1. The minimum Gasteiger partial charge on any atom is -0.507 e. The number of ether oxygens (including phenoxy) is 1. The van der Waals surface area contributed by atoms with Crippen LogP contribution in [0.3, 0.4) is 0 Å². The second kappa shape index (κ2) is 9.32. The molecule has 0 aliphatic carbocycles. The number of carbonyl (C=O) groups is 2. The number of methoxy groups -OCH3 is 1. The molecule has 4 aromatic rings. The summed E-state index contributed by atoms with van der Waals surface area (Å²) in [6.45, 7) is 2.06. The summed E-state index contributed by atoms with van der Waals surface area (Å²) in [6, 6.07) is 19.7. The molecule has 5 rings (SSSR count). The van der Waals surface area contributed by atoms with Crippen molar-refractivity contribution in [3.8, 4) is 5.75 Å². The smallest absolute Gasteiger partial charge is 0.300 e. The average molecular weight is 545 g/mol. The number of ketones is 1. The first kappa shape index (κ1) is 23.9. The summed E-state index contributed by atoms with van der Waals surface area (Å²) in [5, 5.41) is 12.4. The fourth-order valence-corrected chi connectivity index (χ4v) is 5.39. The Hall–Kier alpha value is -3.84. The molecule has 0 spiro atoms. The Morgan fingerprint density at radius 2 is 1.78 bits per heavy atom. The van der Waals surface area contributed by atoms with E-state index in [1.165, 1.54) is 4.90 Å². The Bertz CT molecular complexity index is 1530. The van der Waals surface area contributed by atoms with Crippen molar-refractivity contribution in [1.29, 1.82) is 0 Å². The van der Waals surface area contributed by atoms with Gasteiger partial charge in [0.15, 0.2) is 0 Å². The second-order valence-electron chi connectivity index (χ2n) is 8.75. The number of carbonyl (C=O) groups excluding carboxylic acids is 2. The Balaban J connectivity index is 1.77. The number of rotatable bonds is 5. The first-order valence-electron chi connectivity index (χ1n) is 11.6. The van der Waals surface area contributed by atoms with E-state index in [1.54, 1.807) is 25.3 Å². The summed E-state index contributed by atoms with van der Waals surface area (Å²) < 4.78 is 7.89. The molecule has 1 aliphatic heterocycles. The Kier molecular flexibility index (Phi) is 6.18. The van der Waals surface area contributed by atoms with Crippen LogP contribution in [0.2, 0.25) is 0 Å². The molecule has 6 nitrogen and oxygen atoms in total. The van der Waals surface area contributed by atoms with Crippen molar-refractivity contribution < 1.29 is 19.4 Å². The summed E-state index contributed by atoms with van der Waals surface area (Å²) in [5.74, 6) is -1.04. The van der Waals surface area contributed by atoms with Gasteiger partial charge < -0.3 is 14.4 Å². The number of benzene rings is 3. The number of nitrogens with zero attached hydrogens (tertiary/aromatic N) is 2. The summed E-state index contributed by atoms with van der Waals surface area (Å²) in [7, 11) is 3.48. The number of halogens is 1. The van der Waals surface area contributed by atoms with Gasteiger partial charge in [-0.05, 0) is 64.3 Å². The Morgan fingerprint density at radius 1 is 1.06 bits per heavy atom. The third-order valence-corrected chi connectivity index (χ3v) is 7.33. The van der Waals surface area contributed by atoms with Crippen LogP contribution in [0.15, 0.2) is 83.0 Å². The van der Waals surface area contributed by atoms with Gasteiger partial charge in [0.1, 0.15) is 11.5 Å². The molecule has 0 bridgehead atoms. The van der Waals surface area contributed by atoms with Gasteiger partial charge in [-0.25, -0.2) is 0 Å². The minimum absolute atomic E-state index is 0.0491. The molecule has 0 radical (unpaired) electrons. The number of aryl methyl sites for hydroxylation is 2. The van der Waals surface area contributed by atoms with Gasteiger partial charge in [0, 0.05) is 41.0 Å². The molecule has 182 valence electrons. The van der Waals surface area contributed by atoms with Crippen molar-refractivity contribution in [2.45, 2.75) is 19.4 Å². The second-order valence-corrected chi connectivity index (χ2v) is 9.61. The molecule has 1 N–H and O–H groups in total. The van der Waals surface area contributed by atoms with Crippen molar-refractivity contribution >= 4 is 50.0 Å². The summed E-state index contributed by atoms with van der Waals surface area (Å²) in [6.07, 6.45) is 2.78. The van der Waals surface area contributed by atoms with Gasteiger partial charge in [-0.2, -0.15) is 0 Å².